The summed E-state index contributed by atoms with van der Waals surface area (Å²) in [7, 11) is 0. The molecule has 1 N–H and O–H groups in total. The van der Waals surface area contributed by atoms with Crippen molar-refractivity contribution in [2.45, 2.75) is 18.9 Å². The zero-order valence-electron chi connectivity index (χ0n) is 20.4. The molecule has 5 aromatic rings. The maximum absolute atomic E-state index is 14.7. The van der Waals surface area contributed by atoms with Crippen LogP contribution in [-0.4, -0.2) is 61.0 Å². The normalized spacial score (nSPS) is 17.8. The van der Waals surface area contributed by atoms with E-state index in [0.717, 1.165) is 29.9 Å². The van der Waals surface area contributed by atoms with Gasteiger partial charge in [-0.3, -0.25) is 14.1 Å². The molecule has 0 radical (unpaired) electrons. The van der Waals surface area contributed by atoms with Gasteiger partial charge in [0.15, 0.2) is 5.65 Å². The highest BCUT2D eigenvalue weighted by Crippen LogP contribution is 2.28. The molecule has 2 saturated heterocycles. The number of aromatic nitrogens is 5. The topological polar surface area (TPSA) is 83.6 Å². The van der Waals surface area contributed by atoms with Gasteiger partial charge in [0.25, 0.3) is 5.56 Å². The SMILES string of the molecule is O=c1c2cnc(Nc3ccc(N4CCN5CCC[C@@H]5C4)cc3)nc2n2ccnc2n1-c1c(F)cccc1Cl. The number of imidazole rings is 1. The lowest BCUT2D eigenvalue weighted by Gasteiger charge is -2.38. The average Bonchev–Trinajstić information content (AvgIpc) is 3.60. The fourth-order valence-electron chi connectivity index (χ4n) is 5.62. The van der Waals surface area contributed by atoms with Crippen LogP contribution in [0.3, 0.4) is 0 Å². The minimum Gasteiger partial charge on any atom is -0.369 e. The number of anilines is 3. The van der Waals surface area contributed by atoms with Gasteiger partial charge >= 0.3 is 0 Å². The van der Waals surface area contributed by atoms with Gasteiger partial charge in [0.2, 0.25) is 11.7 Å². The van der Waals surface area contributed by atoms with E-state index in [4.69, 9.17) is 11.6 Å². The largest absolute Gasteiger partial charge is 0.369 e. The fraction of sp³-hybridized carbons (Fsp3) is 0.259. The van der Waals surface area contributed by atoms with E-state index in [1.165, 1.54) is 55.7 Å². The lowest BCUT2D eigenvalue weighted by Crippen LogP contribution is -2.50. The predicted molar refractivity (Wildman–Crippen MR) is 145 cm³/mol. The predicted octanol–water partition coefficient (Wildman–Crippen LogP) is 4.25. The molecule has 0 spiro atoms. The van der Waals surface area contributed by atoms with Crippen molar-refractivity contribution in [3.63, 3.8) is 0 Å². The summed E-state index contributed by atoms with van der Waals surface area (Å²) in [5, 5.41) is 3.54. The third-order valence-electron chi connectivity index (χ3n) is 7.49. The summed E-state index contributed by atoms with van der Waals surface area (Å²) in [6.07, 6.45) is 7.20. The number of nitrogens with one attached hydrogen (secondary N) is 1. The first-order valence-corrected chi connectivity index (χ1v) is 13.0. The van der Waals surface area contributed by atoms with E-state index in [2.05, 4.69) is 42.2 Å². The van der Waals surface area contributed by atoms with E-state index in [9.17, 15) is 9.18 Å². The Kier molecular flexibility index (Phi) is 5.52. The number of halogens is 2. The molecule has 1 atom stereocenters. The standard InChI is InChI=1S/C27H24ClFN8O/c28-21-4-1-5-22(29)23(21)37-25(38)20-15-31-26(33-24(20)36-12-10-30-27(36)37)32-17-6-8-18(9-7-17)35-14-13-34-11-2-3-19(34)16-35/h1,4-10,12,15,19H,2-3,11,13-14,16H2,(H,31,32,33)/t19-/m1/s1. The van der Waals surface area contributed by atoms with Crippen LogP contribution >= 0.6 is 11.6 Å². The highest BCUT2D eigenvalue weighted by molar-refractivity contribution is 6.32. The molecule has 5 heterocycles. The highest BCUT2D eigenvalue weighted by Gasteiger charge is 2.30. The third-order valence-corrected chi connectivity index (χ3v) is 7.79. The van der Waals surface area contributed by atoms with Gasteiger partial charge in [-0.15, -0.1) is 0 Å². The fourth-order valence-corrected chi connectivity index (χ4v) is 5.87. The van der Waals surface area contributed by atoms with Gasteiger partial charge in [-0.1, -0.05) is 17.7 Å². The molecule has 192 valence electrons. The van der Waals surface area contributed by atoms with Crippen molar-refractivity contribution >= 4 is 45.7 Å². The van der Waals surface area contributed by atoms with E-state index in [1.807, 2.05) is 12.1 Å². The van der Waals surface area contributed by atoms with Gasteiger partial charge in [-0.05, 0) is 55.8 Å². The Morgan fingerprint density at radius 3 is 2.76 bits per heavy atom. The van der Waals surface area contributed by atoms with Crippen LogP contribution in [0, 0.1) is 5.82 Å². The van der Waals surface area contributed by atoms with E-state index < -0.39 is 11.4 Å². The molecule has 11 heteroatoms. The number of benzene rings is 2. The quantitative estimate of drug-likeness (QED) is 0.372. The summed E-state index contributed by atoms with van der Waals surface area (Å²) in [6.45, 7) is 4.44. The Hall–Kier alpha value is -4.02. The molecule has 38 heavy (non-hydrogen) atoms. The minimum atomic E-state index is -0.628. The zero-order valence-corrected chi connectivity index (χ0v) is 21.1. The van der Waals surface area contributed by atoms with Crippen LogP contribution in [0.4, 0.5) is 21.7 Å². The Balaban J connectivity index is 1.21. The summed E-state index contributed by atoms with van der Waals surface area (Å²) in [6, 6.07) is 13.2. The molecule has 2 fully saturated rings. The van der Waals surface area contributed by atoms with Gasteiger partial charge in [0.1, 0.15) is 16.9 Å². The van der Waals surface area contributed by atoms with Crippen LogP contribution in [0.5, 0.6) is 0 Å². The number of para-hydroxylation sites is 1. The molecule has 2 aromatic carbocycles. The molecule has 3 aromatic heterocycles. The molecule has 2 aliphatic heterocycles. The van der Waals surface area contributed by atoms with Crippen LogP contribution < -0.4 is 15.8 Å². The van der Waals surface area contributed by atoms with Crippen LogP contribution in [0.2, 0.25) is 5.02 Å². The number of nitrogens with zero attached hydrogens (tertiary/aromatic N) is 7. The van der Waals surface area contributed by atoms with Crippen LogP contribution in [-0.2, 0) is 0 Å². The van der Waals surface area contributed by atoms with Crippen molar-refractivity contribution in [3.05, 3.63) is 82.2 Å². The van der Waals surface area contributed by atoms with E-state index in [0.29, 0.717) is 17.6 Å². The molecule has 7 rings (SSSR count). The molecule has 0 bridgehead atoms. The molecule has 9 nitrogen and oxygen atoms in total. The van der Waals surface area contributed by atoms with E-state index in [1.54, 1.807) is 10.6 Å². The first kappa shape index (κ1) is 23.1. The Bertz CT molecular complexity index is 1710. The molecule has 0 aliphatic carbocycles. The second-order valence-electron chi connectivity index (χ2n) is 9.69. The van der Waals surface area contributed by atoms with Gasteiger partial charge in [-0.25, -0.2) is 18.9 Å². The smallest absolute Gasteiger partial charge is 0.270 e. The maximum Gasteiger partial charge on any atom is 0.270 e. The molecule has 0 saturated carbocycles. The van der Waals surface area contributed by atoms with Crippen molar-refractivity contribution < 1.29 is 4.39 Å². The van der Waals surface area contributed by atoms with Crippen LogP contribution in [0.25, 0.3) is 22.5 Å². The Labute approximate surface area is 222 Å². The summed E-state index contributed by atoms with van der Waals surface area (Å²) in [5.74, 6) is -0.0941. The molecule has 0 unspecified atom stereocenters. The van der Waals surface area contributed by atoms with Crippen LogP contribution in [0.1, 0.15) is 12.8 Å². The van der Waals surface area contributed by atoms with Gasteiger partial charge < -0.3 is 10.2 Å². The van der Waals surface area contributed by atoms with E-state index in [-0.39, 0.29) is 21.9 Å². The van der Waals surface area contributed by atoms with Crippen molar-refractivity contribution in [3.8, 4) is 5.69 Å². The number of rotatable bonds is 4. The molecule has 2 aliphatic rings. The number of hydrogen-bond acceptors (Lipinski definition) is 7. The van der Waals surface area contributed by atoms with Crippen molar-refractivity contribution in [2.75, 3.05) is 36.4 Å². The van der Waals surface area contributed by atoms with Crippen molar-refractivity contribution in [2.24, 2.45) is 0 Å². The minimum absolute atomic E-state index is 0.0612. The Morgan fingerprint density at radius 1 is 1.05 bits per heavy atom. The first-order valence-electron chi connectivity index (χ1n) is 12.6. The monoisotopic (exact) mass is 530 g/mol. The second kappa shape index (κ2) is 9.07. The number of piperazine rings is 1. The van der Waals surface area contributed by atoms with Gasteiger partial charge in [0.05, 0.1) is 5.02 Å². The summed E-state index contributed by atoms with van der Waals surface area (Å²) in [4.78, 5) is 31.8. The van der Waals surface area contributed by atoms with Crippen molar-refractivity contribution in [1.82, 2.24) is 28.8 Å². The number of hydrogen-bond donors (Lipinski definition) is 1. The van der Waals surface area contributed by atoms with Crippen molar-refractivity contribution in [1.29, 1.82) is 0 Å². The zero-order chi connectivity index (χ0) is 25.8. The first-order chi connectivity index (χ1) is 18.6. The summed E-state index contributed by atoms with van der Waals surface area (Å²) in [5.41, 5.74) is 1.82. The third kappa shape index (κ3) is 3.79. The lowest BCUT2D eigenvalue weighted by molar-refractivity contribution is 0.231. The second-order valence-corrected chi connectivity index (χ2v) is 10.1. The summed E-state index contributed by atoms with van der Waals surface area (Å²) < 4.78 is 17.5. The van der Waals surface area contributed by atoms with E-state index >= 15 is 0 Å². The van der Waals surface area contributed by atoms with Gasteiger partial charge in [-0.2, -0.15) is 4.98 Å². The molecular formula is C27H24ClFN8O. The molecule has 0 amide bonds. The van der Waals surface area contributed by atoms with Crippen LogP contribution in [0.15, 0.2) is 65.8 Å². The summed E-state index contributed by atoms with van der Waals surface area (Å²) >= 11 is 6.27. The highest BCUT2D eigenvalue weighted by atomic mass is 35.5. The molecular weight excluding hydrogens is 507 g/mol. The lowest BCUT2D eigenvalue weighted by atomic mass is 10.1. The van der Waals surface area contributed by atoms with Gasteiger partial charge in [0, 0.05) is 55.6 Å². The maximum atomic E-state index is 14.7. The Morgan fingerprint density at radius 2 is 1.92 bits per heavy atom. The average molecular weight is 531 g/mol. The number of fused-ring (bicyclic) bond motifs is 4.